The number of aromatic nitrogens is 2. The Bertz CT molecular complexity index is 1120. The fraction of sp³-hybridized carbons (Fsp3) is 0.560. The smallest absolute Gasteiger partial charge is 0.341 e. The number of hydrogen-bond acceptors (Lipinski definition) is 4. The molecule has 2 aromatic rings. The van der Waals surface area contributed by atoms with Crippen LogP contribution in [0.3, 0.4) is 0 Å². The van der Waals surface area contributed by atoms with Gasteiger partial charge in [-0.25, -0.2) is 0 Å². The van der Waals surface area contributed by atoms with Gasteiger partial charge in [-0.1, -0.05) is 23.7 Å². The summed E-state index contributed by atoms with van der Waals surface area (Å²) >= 11 is 6.10. The Balaban J connectivity index is 1.52. The first-order chi connectivity index (χ1) is 16.9. The van der Waals surface area contributed by atoms with Crippen LogP contribution < -0.4 is 0 Å². The van der Waals surface area contributed by atoms with E-state index in [4.69, 9.17) is 11.6 Å². The third-order valence-electron chi connectivity index (χ3n) is 7.63. The molecule has 0 bridgehead atoms. The minimum Gasteiger partial charge on any atom is -0.341 e. The number of carbonyl (C=O) groups excluding carboxylic acids is 2. The van der Waals surface area contributed by atoms with Gasteiger partial charge in [0.05, 0.1) is 5.41 Å². The molecule has 2 fully saturated rings. The highest BCUT2D eigenvalue weighted by Gasteiger charge is 2.46. The first kappa shape index (κ1) is 26.5. The lowest BCUT2D eigenvalue weighted by Gasteiger charge is -2.45. The maximum atomic E-state index is 13.9. The largest absolute Gasteiger partial charge is 0.435 e. The molecule has 7 nitrogen and oxygen atoms in total. The number of piperazine rings is 1. The van der Waals surface area contributed by atoms with Crippen LogP contribution in [0, 0.1) is 13.8 Å². The van der Waals surface area contributed by atoms with E-state index in [2.05, 4.69) is 10.00 Å². The van der Waals surface area contributed by atoms with Gasteiger partial charge in [-0.3, -0.25) is 14.3 Å². The number of benzene rings is 1. The summed E-state index contributed by atoms with van der Waals surface area (Å²) in [4.78, 5) is 32.6. The molecule has 196 valence electrons. The van der Waals surface area contributed by atoms with Crippen molar-refractivity contribution in [2.75, 3.05) is 46.3 Å². The van der Waals surface area contributed by atoms with Gasteiger partial charge < -0.3 is 14.7 Å². The molecule has 0 radical (unpaired) electrons. The van der Waals surface area contributed by atoms with Crippen LogP contribution in [0.25, 0.3) is 0 Å². The number of likely N-dealkylation sites (tertiary alicyclic amines) is 1. The van der Waals surface area contributed by atoms with E-state index in [1.807, 2.05) is 24.1 Å². The van der Waals surface area contributed by atoms with Crippen LogP contribution >= 0.6 is 11.6 Å². The van der Waals surface area contributed by atoms with Gasteiger partial charge in [0.1, 0.15) is 6.54 Å². The Morgan fingerprint density at radius 1 is 0.972 bits per heavy atom. The number of carbonyl (C=O) groups is 2. The number of likely N-dealkylation sites (N-methyl/N-ethyl adjacent to an activating group) is 1. The minimum atomic E-state index is -4.57. The average molecular weight is 526 g/mol. The first-order valence-corrected chi connectivity index (χ1v) is 12.4. The highest BCUT2D eigenvalue weighted by atomic mass is 35.5. The van der Waals surface area contributed by atoms with Crippen LogP contribution in [0.1, 0.15) is 35.4 Å². The van der Waals surface area contributed by atoms with Gasteiger partial charge in [0.2, 0.25) is 11.8 Å². The Kier molecular flexibility index (Phi) is 7.39. The molecule has 36 heavy (non-hydrogen) atoms. The van der Waals surface area contributed by atoms with Crippen molar-refractivity contribution >= 4 is 23.4 Å². The lowest BCUT2D eigenvalue weighted by molar-refractivity contribution is -0.144. The summed E-state index contributed by atoms with van der Waals surface area (Å²) in [6.45, 7) is 6.16. The zero-order chi connectivity index (χ0) is 26.3. The Morgan fingerprint density at radius 3 is 2.08 bits per heavy atom. The normalized spacial score (nSPS) is 19.0. The molecule has 1 aromatic carbocycles. The van der Waals surface area contributed by atoms with Gasteiger partial charge in [0, 0.05) is 55.5 Å². The Morgan fingerprint density at radius 2 is 1.56 bits per heavy atom. The molecule has 2 aliphatic heterocycles. The number of rotatable bonds is 4. The topological polar surface area (TPSA) is 61.7 Å². The van der Waals surface area contributed by atoms with Gasteiger partial charge in [0.25, 0.3) is 0 Å². The average Bonchev–Trinajstić information content (AvgIpc) is 3.13. The zero-order valence-electron chi connectivity index (χ0n) is 20.7. The Hall–Kier alpha value is -2.59. The molecule has 3 heterocycles. The van der Waals surface area contributed by atoms with Crippen LogP contribution in [0.5, 0.6) is 0 Å². The molecular weight excluding hydrogens is 495 g/mol. The molecule has 1 aromatic heterocycles. The molecule has 2 amide bonds. The van der Waals surface area contributed by atoms with Crippen molar-refractivity contribution in [3.8, 4) is 0 Å². The fourth-order valence-corrected chi connectivity index (χ4v) is 5.26. The summed E-state index contributed by atoms with van der Waals surface area (Å²) in [5.41, 5.74) is -0.539. The molecule has 0 saturated carbocycles. The van der Waals surface area contributed by atoms with Crippen LogP contribution in [0.15, 0.2) is 24.3 Å². The third kappa shape index (κ3) is 5.11. The second-order valence-corrected chi connectivity index (χ2v) is 10.2. The van der Waals surface area contributed by atoms with Crippen LogP contribution in [-0.2, 0) is 27.7 Å². The maximum Gasteiger partial charge on any atom is 0.435 e. The van der Waals surface area contributed by atoms with Crippen molar-refractivity contribution in [1.82, 2.24) is 24.5 Å². The summed E-state index contributed by atoms with van der Waals surface area (Å²) < 4.78 is 40.8. The molecule has 0 spiro atoms. The zero-order valence-corrected chi connectivity index (χ0v) is 21.5. The molecule has 0 aliphatic carbocycles. The van der Waals surface area contributed by atoms with E-state index < -0.39 is 17.3 Å². The van der Waals surface area contributed by atoms with Gasteiger partial charge in [-0.15, -0.1) is 0 Å². The number of nitrogens with zero attached hydrogens (tertiary/aromatic N) is 5. The van der Waals surface area contributed by atoms with Crippen molar-refractivity contribution < 1.29 is 22.8 Å². The number of piperidine rings is 1. The predicted molar refractivity (Wildman–Crippen MR) is 130 cm³/mol. The first-order valence-electron chi connectivity index (χ1n) is 12.1. The van der Waals surface area contributed by atoms with Gasteiger partial charge in [-0.05, 0) is 51.4 Å². The highest BCUT2D eigenvalue weighted by Crippen LogP contribution is 2.38. The van der Waals surface area contributed by atoms with E-state index in [-0.39, 0.29) is 23.9 Å². The lowest BCUT2D eigenvalue weighted by Crippen LogP contribution is -2.57. The van der Waals surface area contributed by atoms with Crippen molar-refractivity contribution in [2.45, 2.75) is 44.8 Å². The predicted octanol–water partition coefficient (Wildman–Crippen LogP) is 3.51. The third-order valence-corrected chi connectivity index (χ3v) is 7.88. The molecule has 2 saturated heterocycles. The molecule has 0 N–H and O–H groups in total. The van der Waals surface area contributed by atoms with Crippen LogP contribution in [0.2, 0.25) is 5.02 Å². The molecule has 0 unspecified atom stereocenters. The molecule has 4 rings (SSSR count). The summed E-state index contributed by atoms with van der Waals surface area (Å²) in [6, 6.07) is 7.30. The summed E-state index contributed by atoms with van der Waals surface area (Å²) in [5, 5.41) is 4.24. The van der Waals surface area contributed by atoms with Crippen LogP contribution in [0.4, 0.5) is 13.2 Å². The van der Waals surface area contributed by atoms with Crippen molar-refractivity contribution in [3.63, 3.8) is 0 Å². The number of halogens is 4. The van der Waals surface area contributed by atoms with E-state index >= 15 is 0 Å². The summed E-state index contributed by atoms with van der Waals surface area (Å²) in [7, 11) is 2.03. The van der Waals surface area contributed by atoms with Gasteiger partial charge in [0.15, 0.2) is 5.69 Å². The number of alkyl halides is 3. The maximum absolute atomic E-state index is 13.9. The summed E-state index contributed by atoms with van der Waals surface area (Å²) in [5.74, 6) is -0.260. The monoisotopic (exact) mass is 525 g/mol. The molecular formula is C25H31ClF3N5O2. The lowest BCUT2D eigenvalue weighted by atomic mass is 9.71. The van der Waals surface area contributed by atoms with E-state index in [0.717, 1.165) is 23.3 Å². The van der Waals surface area contributed by atoms with Gasteiger partial charge >= 0.3 is 6.18 Å². The SMILES string of the molecule is Cc1c(C(F)(F)F)nn(CC(=O)N2CCC(C(=O)N3CCN(C)CC3)(c3ccc(Cl)cc3)CC2)c1C. The second kappa shape index (κ2) is 10.0. The van der Waals surface area contributed by atoms with E-state index in [0.29, 0.717) is 49.7 Å². The van der Waals surface area contributed by atoms with Crippen molar-refractivity contribution in [1.29, 1.82) is 0 Å². The quantitative estimate of drug-likeness (QED) is 0.613. The van der Waals surface area contributed by atoms with Gasteiger partial charge in [-0.2, -0.15) is 18.3 Å². The molecule has 2 aliphatic rings. The standard InChI is InChI=1S/C25H31ClF3N5O2/c1-17-18(2)34(30-22(17)25(27,28)29)16-21(35)32-10-8-24(9-11-32,19-4-6-20(26)7-5-19)23(36)33-14-12-31(3)13-15-33/h4-7H,8-16H2,1-3H3. The van der Waals surface area contributed by atoms with Crippen molar-refractivity contribution in [2.24, 2.45) is 0 Å². The Labute approximate surface area is 213 Å². The van der Waals surface area contributed by atoms with Crippen molar-refractivity contribution in [3.05, 3.63) is 51.8 Å². The van der Waals surface area contributed by atoms with E-state index in [1.165, 1.54) is 13.8 Å². The summed E-state index contributed by atoms with van der Waals surface area (Å²) in [6.07, 6.45) is -3.72. The highest BCUT2D eigenvalue weighted by molar-refractivity contribution is 6.30. The molecule has 11 heteroatoms. The van der Waals surface area contributed by atoms with Crippen LogP contribution in [-0.4, -0.2) is 82.6 Å². The van der Waals surface area contributed by atoms with E-state index in [1.54, 1.807) is 17.0 Å². The number of amides is 2. The second-order valence-electron chi connectivity index (χ2n) is 9.78. The minimum absolute atomic E-state index is 0.0217. The molecule has 0 atom stereocenters. The number of hydrogen-bond donors (Lipinski definition) is 0. The fourth-order valence-electron chi connectivity index (χ4n) is 5.13. The van der Waals surface area contributed by atoms with E-state index in [9.17, 15) is 22.8 Å².